The highest BCUT2D eigenvalue weighted by molar-refractivity contribution is 6.35. The van der Waals surface area contributed by atoms with Crippen LogP contribution in [0.1, 0.15) is 26.2 Å². The fourth-order valence-electron chi connectivity index (χ4n) is 2.59. The predicted octanol–water partition coefficient (Wildman–Crippen LogP) is 3.99. The zero-order valence-electron chi connectivity index (χ0n) is 12.2. The number of nitrogens with one attached hydrogen (secondary N) is 2. The van der Waals surface area contributed by atoms with Crippen molar-refractivity contribution in [3.63, 3.8) is 0 Å². The van der Waals surface area contributed by atoms with Crippen molar-refractivity contribution in [1.82, 2.24) is 10.2 Å². The summed E-state index contributed by atoms with van der Waals surface area (Å²) in [7, 11) is 0. The van der Waals surface area contributed by atoms with Crippen molar-refractivity contribution < 1.29 is 4.79 Å². The smallest absolute Gasteiger partial charge is 0.321 e. The van der Waals surface area contributed by atoms with Gasteiger partial charge >= 0.3 is 6.03 Å². The summed E-state index contributed by atoms with van der Waals surface area (Å²) in [5.74, 6) is 0. The molecule has 2 rings (SSSR count). The fourth-order valence-corrected chi connectivity index (χ4v) is 2.93. The van der Waals surface area contributed by atoms with E-state index in [0.29, 0.717) is 15.7 Å². The van der Waals surface area contributed by atoms with Gasteiger partial charge in [-0.05, 0) is 50.6 Å². The van der Waals surface area contributed by atoms with Crippen LogP contribution >= 0.6 is 23.2 Å². The van der Waals surface area contributed by atoms with E-state index in [1.54, 1.807) is 18.2 Å². The highest BCUT2D eigenvalue weighted by atomic mass is 35.5. The predicted molar refractivity (Wildman–Crippen MR) is 88.4 cm³/mol. The number of hydrogen-bond donors (Lipinski definition) is 2. The maximum absolute atomic E-state index is 12.6. The number of rotatable bonds is 4. The molecule has 1 aromatic rings. The topological polar surface area (TPSA) is 44.4 Å². The second-order valence-corrected chi connectivity index (χ2v) is 6.07. The van der Waals surface area contributed by atoms with E-state index in [2.05, 4.69) is 17.6 Å². The van der Waals surface area contributed by atoms with Crippen LogP contribution in [0.3, 0.4) is 0 Å². The van der Waals surface area contributed by atoms with Crippen molar-refractivity contribution in [1.29, 1.82) is 0 Å². The minimum atomic E-state index is -0.104. The summed E-state index contributed by atoms with van der Waals surface area (Å²) in [6.07, 6.45) is 2.90. The van der Waals surface area contributed by atoms with E-state index in [9.17, 15) is 4.79 Å². The Balaban J connectivity index is 2.08. The molecule has 1 aromatic carbocycles. The molecule has 0 radical (unpaired) electrons. The quantitative estimate of drug-likeness (QED) is 0.877. The van der Waals surface area contributed by atoms with Crippen LogP contribution in [0.25, 0.3) is 0 Å². The normalized spacial score (nSPS) is 15.8. The Morgan fingerprint density at radius 2 is 2.10 bits per heavy atom. The molecule has 0 unspecified atom stereocenters. The van der Waals surface area contributed by atoms with Gasteiger partial charge in [0.1, 0.15) is 0 Å². The third kappa shape index (κ3) is 4.50. The SMILES string of the molecule is CCCN(C(=O)Nc1cc(Cl)ccc1Cl)C1CCNCC1. The van der Waals surface area contributed by atoms with E-state index in [1.807, 2.05) is 4.90 Å². The second kappa shape index (κ2) is 7.87. The van der Waals surface area contributed by atoms with E-state index in [-0.39, 0.29) is 12.1 Å². The number of urea groups is 1. The Hall–Kier alpha value is -0.970. The van der Waals surface area contributed by atoms with Crippen LogP contribution in [0.15, 0.2) is 18.2 Å². The highest BCUT2D eigenvalue weighted by Gasteiger charge is 2.25. The van der Waals surface area contributed by atoms with Crippen molar-refractivity contribution >= 4 is 34.9 Å². The first-order chi connectivity index (χ1) is 10.1. The van der Waals surface area contributed by atoms with Gasteiger partial charge in [-0.25, -0.2) is 4.79 Å². The van der Waals surface area contributed by atoms with Gasteiger partial charge in [0.2, 0.25) is 0 Å². The van der Waals surface area contributed by atoms with E-state index in [1.165, 1.54) is 0 Å². The molecule has 0 spiro atoms. The molecule has 0 atom stereocenters. The van der Waals surface area contributed by atoms with Gasteiger partial charge in [0, 0.05) is 17.6 Å². The van der Waals surface area contributed by atoms with Gasteiger partial charge in [-0.3, -0.25) is 0 Å². The molecule has 0 aromatic heterocycles. The minimum absolute atomic E-state index is 0.104. The molecule has 2 amide bonds. The maximum atomic E-state index is 12.6. The molecule has 4 nitrogen and oxygen atoms in total. The molecule has 1 aliphatic heterocycles. The van der Waals surface area contributed by atoms with Crippen molar-refractivity contribution in [3.8, 4) is 0 Å². The molecule has 116 valence electrons. The van der Waals surface area contributed by atoms with Crippen molar-refractivity contribution in [2.24, 2.45) is 0 Å². The highest BCUT2D eigenvalue weighted by Crippen LogP contribution is 2.26. The summed E-state index contributed by atoms with van der Waals surface area (Å²) >= 11 is 12.1. The lowest BCUT2D eigenvalue weighted by Gasteiger charge is -2.34. The summed E-state index contributed by atoms with van der Waals surface area (Å²) in [6.45, 7) is 4.73. The average molecular weight is 330 g/mol. The number of piperidine rings is 1. The summed E-state index contributed by atoms with van der Waals surface area (Å²) < 4.78 is 0. The van der Waals surface area contributed by atoms with Gasteiger partial charge < -0.3 is 15.5 Å². The molecule has 2 N–H and O–H groups in total. The maximum Gasteiger partial charge on any atom is 0.322 e. The van der Waals surface area contributed by atoms with E-state index >= 15 is 0 Å². The van der Waals surface area contributed by atoms with Crippen molar-refractivity contribution in [2.75, 3.05) is 25.0 Å². The first kappa shape index (κ1) is 16.4. The number of nitrogens with zero attached hydrogens (tertiary/aromatic N) is 1. The standard InChI is InChI=1S/C15H21Cl2N3O/c1-2-9-20(12-5-7-18-8-6-12)15(21)19-14-10-11(16)3-4-13(14)17/h3-4,10,12,18H,2,5-9H2,1H3,(H,19,21). The first-order valence-electron chi connectivity index (χ1n) is 7.35. The third-order valence-electron chi connectivity index (χ3n) is 3.64. The third-order valence-corrected chi connectivity index (χ3v) is 4.21. The Morgan fingerprint density at radius 1 is 1.38 bits per heavy atom. The molecule has 0 bridgehead atoms. The molecule has 0 saturated carbocycles. The van der Waals surface area contributed by atoms with Gasteiger partial charge in [-0.2, -0.15) is 0 Å². The Kier molecular flexibility index (Phi) is 6.15. The number of carbonyl (C=O) groups is 1. The fraction of sp³-hybridized carbons (Fsp3) is 0.533. The summed E-state index contributed by atoms with van der Waals surface area (Å²) in [5.41, 5.74) is 0.559. The number of benzene rings is 1. The molecular formula is C15H21Cl2N3O. The molecule has 1 aliphatic rings. The molecular weight excluding hydrogens is 309 g/mol. The summed E-state index contributed by atoms with van der Waals surface area (Å²) in [4.78, 5) is 14.5. The van der Waals surface area contributed by atoms with Crippen LogP contribution in [-0.2, 0) is 0 Å². The largest absolute Gasteiger partial charge is 0.322 e. The number of amides is 2. The number of anilines is 1. The van der Waals surface area contributed by atoms with E-state index < -0.39 is 0 Å². The summed E-state index contributed by atoms with van der Waals surface area (Å²) in [6, 6.07) is 5.25. The Bertz CT molecular complexity index is 490. The Morgan fingerprint density at radius 3 is 2.76 bits per heavy atom. The number of halogens is 2. The number of carbonyl (C=O) groups excluding carboxylic acids is 1. The van der Waals surface area contributed by atoms with Crippen LogP contribution in [0.5, 0.6) is 0 Å². The summed E-state index contributed by atoms with van der Waals surface area (Å²) in [5, 5.41) is 7.25. The van der Waals surface area contributed by atoms with Gasteiger partial charge in [0.25, 0.3) is 0 Å². The van der Waals surface area contributed by atoms with E-state index in [0.717, 1.165) is 38.9 Å². The molecule has 0 aliphatic carbocycles. The van der Waals surface area contributed by atoms with Gasteiger partial charge in [-0.15, -0.1) is 0 Å². The van der Waals surface area contributed by atoms with Crippen LogP contribution in [0, 0.1) is 0 Å². The molecule has 1 heterocycles. The van der Waals surface area contributed by atoms with Gasteiger partial charge in [0.05, 0.1) is 10.7 Å². The molecule has 1 saturated heterocycles. The lowest BCUT2D eigenvalue weighted by Crippen LogP contribution is -2.48. The van der Waals surface area contributed by atoms with Crippen LogP contribution in [0.2, 0.25) is 10.0 Å². The zero-order valence-corrected chi connectivity index (χ0v) is 13.7. The van der Waals surface area contributed by atoms with Gasteiger partial charge in [0.15, 0.2) is 0 Å². The van der Waals surface area contributed by atoms with Gasteiger partial charge in [-0.1, -0.05) is 30.1 Å². The van der Waals surface area contributed by atoms with Crippen molar-refractivity contribution in [3.05, 3.63) is 28.2 Å². The monoisotopic (exact) mass is 329 g/mol. The van der Waals surface area contributed by atoms with E-state index in [4.69, 9.17) is 23.2 Å². The minimum Gasteiger partial charge on any atom is -0.321 e. The average Bonchev–Trinajstić information content (AvgIpc) is 2.49. The second-order valence-electron chi connectivity index (χ2n) is 5.23. The molecule has 21 heavy (non-hydrogen) atoms. The Labute approximate surface area is 135 Å². The lowest BCUT2D eigenvalue weighted by atomic mass is 10.0. The molecule has 1 fully saturated rings. The van der Waals surface area contributed by atoms with Crippen molar-refractivity contribution in [2.45, 2.75) is 32.2 Å². The lowest BCUT2D eigenvalue weighted by molar-refractivity contribution is 0.171. The first-order valence-corrected chi connectivity index (χ1v) is 8.10. The van der Waals surface area contributed by atoms with Crippen LogP contribution < -0.4 is 10.6 Å². The zero-order chi connectivity index (χ0) is 15.2. The number of hydrogen-bond acceptors (Lipinski definition) is 2. The van der Waals surface area contributed by atoms with Crippen LogP contribution in [-0.4, -0.2) is 36.6 Å². The molecule has 6 heteroatoms. The van der Waals surface area contributed by atoms with Crippen LogP contribution in [0.4, 0.5) is 10.5 Å².